The van der Waals surface area contributed by atoms with Crippen LogP contribution in [-0.4, -0.2) is 0 Å². The molecular weight excluding hydrogens is 264 g/mol. The predicted molar refractivity (Wildman–Crippen MR) is 86.9 cm³/mol. The third kappa shape index (κ3) is 2.61. The summed E-state index contributed by atoms with van der Waals surface area (Å²) in [7, 11) is 0. The Hall–Kier alpha value is -2.05. The Balaban J connectivity index is 2.17. The fraction of sp³-hybridized carbons (Fsp3) is 0.0526. The first-order valence-electron chi connectivity index (χ1n) is 6.66. The van der Waals surface area contributed by atoms with Gasteiger partial charge in [0.15, 0.2) is 0 Å². The van der Waals surface area contributed by atoms with E-state index in [2.05, 4.69) is 67.6 Å². The first-order valence-corrected chi connectivity index (χ1v) is 7.04. The van der Waals surface area contributed by atoms with Gasteiger partial charge in [0.25, 0.3) is 0 Å². The highest BCUT2D eigenvalue weighted by Crippen LogP contribution is 2.30. The van der Waals surface area contributed by atoms with E-state index in [1.54, 1.807) is 0 Å². The molecule has 0 amide bonds. The number of benzene rings is 2. The maximum Gasteiger partial charge on any atom is 0.0406 e. The molecule has 0 saturated carbocycles. The van der Waals surface area contributed by atoms with E-state index < -0.39 is 0 Å². The molecule has 1 aliphatic carbocycles. The average Bonchev–Trinajstić information content (AvgIpc) is 2.97. The summed E-state index contributed by atoms with van der Waals surface area (Å²) in [6, 6.07) is 16.7. The Kier molecular flexibility index (Phi) is 3.58. The molecule has 0 atom stereocenters. The van der Waals surface area contributed by atoms with Crippen LogP contribution in [0.2, 0.25) is 5.02 Å². The predicted octanol–water partition coefficient (Wildman–Crippen LogP) is 5.58. The second-order valence-electron chi connectivity index (χ2n) is 4.92. The van der Waals surface area contributed by atoms with Gasteiger partial charge in [-0.15, -0.1) is 0 Å². The van der Waals surface area contributed by atoms with Gasteiger partial charge in [0.1, 0.15) is 0 Å². The van der Waals surface area contributed by atoms with Crippen LogP contribution in [0.4, 0.5) is 0 Å². The second kappa shape index (κ2) is 5.52. The molecule has 3 rings (SSSR count). The molecule has 0 bridgehead atoms. The number of aryl methyl sites for hydroxylation is 1. The van der Waals surface area contributed by atoms with Crippen molar-refractivity contribution >= 4 is 17.2 Å². The van der Waals surface area contributed by atoms with Gasteiger partial charge >= 0.3 is 0 Å². The lowest BCUT2D eigenvalue weighted by Gasteiger charge is -2.11. The summed E-state index contributed by atoms with van der Waals surface area (Å²) < 4.78 is 0. The molecule has 0 spiro atoms. The van der Waals surface area contributed by atoms with Gasteiger partial charge in [-0.2, -0.15) is 0 Å². The van der Waals surface area contributed by atoms with Crippen molar-refractivity contribution in [2.24, 2.45) is 0 Å². The highest BCUT2D eigenvalue weighted by atomic mass is 35.5. The third-order valence-corrected chi connectivity index (χ3v) is 3.68. The Morgan fingerprint density at radius 1 is 0.750 bits per heavy atom. The van der Waals surface area contributed by atoms with Crippen LogP contribution >= 0.6 is 11.6 Å². The van der Waals surface area contributed by atoms with Crippen LogP contribution < -0.4 is 0 Å². The zero-order chi connectivity index (χ0) is 13.9. The van der Waals surface area contributed by atoms with E-state index in [9.17, 15) is 0 Å². The van der Waals surface area contributed by atoms with E-state index >= 15 is 0 Å². The molecule has 0 aliphatic heterocycles. The minimum absolute atomic E-state index is 0.763. The number of hydrogen-bond donors (Lipinski definition) is 0. The van der Waals surface area contributed by atoms with Crippen molar-refractivity contribution in [3.05, 3.63) is 100 Å². The molecule has 0 N–H and O–H groups in total. The van der Waals surface area contributed by atoms with E-state index in [0.29, 0.717) is 0 Å². The Labute approximate surface area is 124 Å². The van der Waals surface area contributed by atoms with Crippen LogP contribution in [-0.2, 0) is 0 Å². The highest BCUT2D eigenvalue weighted by molar-refractivity contribution is 6.30. The van der Waals surface area contributed by atoms with E-state index in [1.807, 2.05) is 12.1 Å². The summed E-state index contributed by atoms with van der Waals surface area (Å²) in [6.07, 6.45) is 8.42. The Bertz CT molecular complexity index is 637. The van der Waals surface area contributed by atoms with Gasteiger partial charge in [-0.3, -0.25) is 0 Å². The van der Waals surface area contributed by atoms with Crippen molar-refractivity contribution in [1.29, 1.82) is 0 Å². The summed E-state index contributed by atoms with van der Waals surface area (Å²) >= 11 is 6.00. The summed E-state index contributed by atoms with van der Waals surface area (Å²) in [5, 5.41) is 0.763. The average molecular weight is 279 g/mol. The van der Waals surface area contributed by atoms with E-state index in [0.717, 1.165) is 5.02 Å². The molecule has 0 fully saturated rings. The normalized spacial score (nSPS) is 13.0. The smallest absolute Gasteiger partial charge is 0.0406 e. The van der Waals surface area contributed by atoms with E-state index in [-0.39, 0.29) is 0 Å². The van der Waals surface area contributed by atoms with Crippen LogP contribution in [0.3, 0.4) is 0 Å². The molecular formula is C19H15Cl. The molecule has 0 heterocycles. The van der Waals surface area contributed by atoms with Crippen molar-refractivity contribution in [3.8, 4) is 0 Å². The Morgan fingerprint density at radius 2 is 1.25 bits per heavy atom. The topological polar surface area (TPSA) is 0 Å². The first-order chi connectivity index (χ1) is 9.74. The van der Waals surface area contributed by atoms with Crippen LogP contribution in [0.25, 0.3) is 5.57 Å². The van der Waals surface area contributed by atoms with Gasteiger partial charge in [0, 0.05) is 5.02 Å². The highest BCUT2D eigenvalue weighted by Gasteiger charge is 2.10. The van der Waals surface area contributed by atoms with Gasteiger partial charge in [0.05, 0.1) is 0 Å². The summed E-state index contributed by atoms with van der Waals surface area (Å²) in [5.74, 6) is 0. The summed E-state index contributed by atoms with van der Waals surface area (Å²) in [4.78, 5) is 0. The maximum absolute atomic E-state index is 6.00. The summed E-state index contributed by atoms with van der Waals surface area (Å²) in [5.41, 5.74) is 6.16. The molecule has 0 radical (unpaired) electrons. The zero-order valence-corrected chi connectivity index (χ0v) is 12.1. The Morgan fingerprint density at radius 3 is 1.80 bits per heavy atom. The SMILES string of the molecule is Cc1ccc(C(=C2C=CC=C2)c2ccc(Cl)cc2)cc1. The molecule has 1 aliphatic rings. The number of allylic oxidation sites excluding steroid dienone is 5. The molecule has 2 aromatic carbocycles. The fourth-order valence-electron chi connectivity index (χ4n) is 2.38. The van der Waals surface area contributed by atoms with E-state index in [1.165, 1.54) is 27.8 Å². The molecule has 98 valence electrons. The van der Waals surface area contributed by atoms with Gasteiger partial charge in [-0.05, 0) is 41.3 Å². The number of halogens is 1. The lowest BCUT2D eigenvalue weighted by Crippen LogP contribution is -1.91. The molecule has 1 heteroatoms. The molecule has 0 saturated heterocycles. The standard InChI is InChI=1S/C19H15Cl/c1-14-6-8-16(9-7-14)19(15-4-2-3-5-15)17-10-12-18(20)13-11-17/h2-13H,1H3. The zero-order valence-electron chi connectivity index (χ0n) is 11.3. The number of hydrogen-bond acceptors (Lipinski definition) is 0. The third-order valence-electron chi connectivity index (χ3n) is 3.42. The number of rotatable bonds is 2. The van der Waals surface area contributed by atoms with Crippen molar-refractivity contribution < 1.29 is 0 Å². The minimum Gasteiger partial charge on any atom is -0.0843 e. The van der Waals surface area contributed by atoms with Crippen LogP contribution in [0.1, 0.15) is 16.7 Å². The van der Waals surface area contributed by atoms with Crippen LogP contribution in [0.5, 0.6) is 0 Å². The summed E-state index contributed by atoms with van der Waals surface area (Å²) in [6.45, 7) is 2.11. The lowest BCUT2D eigenvalue weighted by atomic mass is 9.93. The monoisotopic (exact) mass is 278 g/mol. The van der Waals surface area contributed by atoms with Gasteiger partial charge in [-0.25, -0.2) is 0 Å². The molecule has 0 aromatic heterocycles. The molecule has 0 nitrogen and oxygen atoms in total. The lowest BCUT2D eigenvalue weighted by molar-refractivity contribution is 1.44. The largest absolute Gasteiger partial charge is 0.0843 e. The van der Waals surface area contributed by atoms with Crippen molar-refractivity contribution in [3.63, 3.8) is 0 Å². The van der Waals surface area contributed by atoms with Crippen LogP contribution in [0.15, 0.2) is 78.4 Å². The quantitative estimate of drug-likeness (QED) is 0.673. The first kappa shape index (κ1) is 13.0. The van der Waals surface area contributed by atoms with Gasteiger partial charge in [-0.1, -0.05) is 77.9 Å². The van der Waals surface area contributed by atoms with Gasteiger partial charge in [0.2, 0.25) is 0 Å². The van der Waals surface area contributed by atoms with Crippen molar-refractivity contribution in [2.45, 2.75) is 6.92 Å². The van der Waals surface area contributed by atoms with Gasteiger partial charge < -0.3 is 0 Å². The van der Waals surface area contributed by atoms with Crippen molar-refractivity contribution in [1.82, 2.24) is 0 Å². The minimum atomic E-state index is 0.763. The maximum atomic E-state index is 6.00. The molecule has 20 heavy (non-hydrogen) atoms. The van der Waals surface area contributed by atoms with E-state index in [4.69, 9.17) is 11.6 Å². The molecule has 2 aromatic rings. The van der Waals surface area contributed by atoms with Crippen LogP contribution in [0, 0.1) is 6.92 Å². The van der Waals surface area contributed by atoms with Crippen molar-refractivity contribution in [2.75, 3.05) is 0 Å². The molecule has 0 unspecified atom stereocenters. The fourth-order valence-corrected chi connectivity index (χ4v) is 2.50. The second-order valence-corrected chi connectivity index (χ2v) is 5.36.